The molecule has 2 amide bonds. The molecule has 1 atom stereocenters. The minimum absolute atomic E-state index is 0.0200. The molecule has 0 fully saturated rings. The molecule has 0 radical (unpaired) electrons. The normalized spacial score (nSPS) is 11.7. The molecule has 0 spiro atoms. The summed E-state index contributed by atoms with van der Waals surface area (Å²) in [4.78, 5) is 26.8. The molecule has 5 heteroatoms. The summed E-state index contributed by atoms with van der Waals surface area (Å²) < 4.78 is 5.59. The number of para-hydroxylation sites is 1. The van der Waals surface area contributed by atoms with Crippen molar-refractivity contribution in [2.24, 2.45) is 0 Å². The molecule has 0 heterocycles. The van der Waals surface area contributed by atoms with E-state index in [1.165, 1.54) is 0 Å². The van der Waals surface area contributed by atoms with Gasteiger partial charge in [-0.15, -0.1) is 0 Å². The number of amides is 2. The van der Waals surface area contributed by atoms with E-state index < -0.39 is 6.04 Å². The Hall–Kier alpha value is -2.82. The largest absolute Gasteiger partial charge is 0.484 e. The van der Waals surface area contributed by atoms with Gasteiger partial charge in [-0.05, 0) is 44.9 Å². The number of nitrogens with zero attached hydrogens (tertiary/aromatic N) is 1. The first kappa shape index (κ1) is 20.5. The zero-order valence-electron chi connectivity index (χ0n) is 16.2. The number of rotatable bonds is 9. The van der Waals surface area contributed by atoms with E-state index in [1.54, 1.807) is 24.0 Å². The van der Waals surface area contributed by atoms with E-state index in [0.717, 1.165) is 5.56 Å². The lowest BCUT2D eigenvalue weighted by atomic mass is 10.1. The van der Waals surface area contributed by atoms with Crippen molar-refractivity contribution in [3.05, 3.63) is 66.2 Å². The average molecular weight is 368 g/mol. The predicted molar refractivity (Wildman–Crippen MR) is 107 cm³/mol. The first-order valence-corrected chi connectivity index (χ1v) is 9.29. The Balaban J connectivity index is 2.04. The SMILES string of the molecule is CC(C)NC(=O)[C@H](C)N(CCc1ccccc1)C(=O)COc1ccccc1. The summed E-state index contributed by atoms with van der Waals surface area (Å²) >= 11 is 0. The Kier molecular flexibility index (Phi) is 7.86. The van der Waals surface area contributed by atoms with Crippen molar-refractivity contribution < 1.29 is 14.3 Å². The second-order valence-corrected chi connectivity index (χ2v) is 6.76. The van der Waals surface area contributed by atoms with E-state index in [-0.39, 0.29) is 24.5 Å². The molecule has 0 bridgehead atoms. The van der Waals surface area contributed by atoms with Crippen LogP contribution in [0, 0.1) is 0 Å². The zero-order chi connectivity index (χ0) is 19.6. The van der Waals surface area contributed by atoms with Crippen molar-refractivity contribution >= 4 is 11.8 Å². The van der Waals surface area contributed by atoms with Crippen LogP contribution in [-0.4, -0.2) is 41.9 Å². The maximum Gasteiger partial charge on any atom is 0.261 e. The fourth-order valence-electron chi connectivity index (χ4n) is 2.72. The number of carbonyl (C=O) groups excluding carboxylic acids is 2. The summed E-state index contributed by atoms with van der Waals surface area (Å²) in [6, 6.07) is 18.6. The lowest BCUT2D eigenvalue weighted by Crippen LogP contribution is -2.51. The third-order valence-electron chi connectivity index (χ3n) is 4.19. The minimum atomic E-state index is -0.567. The molecule has 1 N–H and O–H groups in total. The maximum absolute atomic E-state index is 12.8. The molecule has 2 aromatic rings. The summed E-state index contributed by atoms with van der Waals surface area (Å²) in [5.74, 6) is 0.264. The van der Waals surface area contributed by atoms with Gasteiger partial charge in [-0.2, -0.15) is 0 Å². The van der Waals surface area contributed by atoms with Crippen LogP contribution in [-0.2, 0) is 16.0 Å². The molecule has 27 heavy (non-hydrogen) atoms. The highest BCUT2D eigenvalue weighted by molar-refractivity contribution is 5.88. The lowest BCUT2D eigenvalue weighted by Gasteiger charge is -2.29. The summed E-state index contributed by atoms with van der Waals surface area (Å²) in [5, 5.41) is 2.88. The van der Waals surface area contributed by atoms with Crippen LogP contribution in [0.1, 0.15) is 26.3 Å². The van der Waals surface area contributed by atoms with Gasteiger partial charge >= 0.3 is 0 Å². The van der Waals surface area contributed by atoms with E-state index in [9.17, 15) is 9.59 Å². The van der Waals surface area contributed by atoms with Crippen LogP contribution in [0.15, 0.2) is 60.7 Å². The molecule has 0 saturated carbocycles. The van der Waals surface area contributed by atoms with Crippen LogP contribution in [0.4, 0.5) is 0 Å². The highest BCUT2D eigenvalue weighted by Crippen LogP contribution is 2.10. The summed E-state index contributed by atoms with van der Waals surface area (Å²) in [6.45, 7) is 5.91. The van der Waals surface area contributed by atoms with E-state index in [2.05, 4.69) is 5.32 Å². The number of nitrogens with one attached hydrogen (secondary N) is 1. The molecular formula is C22H28N2O3. The number of carbonyl (C=O) groups is 2. The molecular weight excluding hydrogens is 340 g/mol. The summed E-state index contributed by atoms with van der Waals surface area (Å²) in [5.41, 5.74) is 1.12. The van der Waals surface area contributed by atoms with Crippen LogP contribution in [0.5, 0.6) is 5.75 Å². The Morgan fingerprint density at radius 1 is 0.963 bits per heavy atom. The fourth-order valence-corrected chi connectivity index (χ4v) is 2.72. The Labute approximate surface area is 161 Å². The molecule has 0 aliphatic heterocycles. The molecule has 0 aliphatic carbocycles. The first-order valence-electron chi connectivity index (χ1n) is 9.29. The second-order valence-electron chi connectivity index (χ2n) is 6.76. The molecule has 0 saturated heterocycles. The molecule has 0 aromatic heterocycles. The van der Waals surface area contributed by atoms with Crippen molar-refractivity contribution in [2.75, 3.05) is 13.2 Å². The van der Waals surface area contributed by atoms with Crippen LogP contribution in [0.3, 0.4) is 0 Å². The number of hydrogen-bond acceptors (Lipinski definition) is 3. The molecule has 0 unspecified atom stereocenters. The standard InChI is InChI=1S/C22H28N2O3/c1-17(2)23-22(26)18(3)24(15-14-19-10-6-4-7-11-19)21(25)16-27-20-12-8-5-9-13-20/h4-13,17-18H,14-16H2,1-3H3,(H,23,26)/t18-/m0/s1. The number of ether oxygens (including phenoxy) is 1. The van der Waals surface area contributed by atoms with Gasteiger partial charge in [0.25, 0.3) is 5.91 Å². The van der Waals surface area contributed by atoms with Crippen molar-refractivity contribution in [1.29, 1.82) is 0 Å². The van der Waals surface area contributed by atoms with Crippen LogP contribution < -0.4 is 10.1 Å². The maximum atomic E-state index is 12.8. The van der Waals surface area contributed by atoms with E-state index >= 15 is 0 Å². The van der Waals surface area contributed by atoms with E-state index in [0.29, 0.717) is 18.7 Å². The van der Waals surface area contributed by atoms with Crippen molar-refractivity contribution in [2.45, 2.75) is 39.3 Å². The summed E-state index contributed by atoms with van der Waals surface area (Å²) in [7, 11) is 0. The van der Waals surface area contributed by atoms with Crippen molar-refractivity contribution in [3.63, 3.8) is 0 Å². The molecule has 0 aliphatic rings. The monoisotopic (exact) mass is 368 g/mol. The summed E-state index contributed by atoms with van der Waals surface area (Å²) in [6.07, 6.45) is 0.678. The molecule has 5 nitrogen and oxygen atoms in total. The van der Waals surface area contributed by atoms with Gasteiger partial charge in [-0.1, -0.05) is 48.5 Å². The van der Waals surface area contributed by atoms with Crippen LogP contribution in [0.25, 0.3) is 0 Å². The van der Waals surface area contributed by atoms with Gasteiger partial charge in [0.1, 0.15) is 11.8 Å². The number of benzene rings is 2. The van der Waals surface area contributed by atoms with Gasteiger partial charge < -0.3 is 15.0 Å². The van der Waals surface area contributed by atoms with E-state index in [1.807, 2.05) is 62.4 Å². The first-order chi connectivity index (χ1) is 13.0. The van der Waals surface area contributed by atoms with Crippen molar-refractivity contribution in [1.82, 2.24) is 10.2 Å². The van der Waals surface area contributed by atoms with Crippen molar-refractivity contribution in [3.8, 4) is 5.75 Å². The third-order valence-corrected chi connectivity index (χ3v) is 4.19. The number of hydrogen-bond donors (Lipinski definition) is 1. The zero-order valence-corrected chi connectivity index (χ0v) is 16.2. The van der Waals surface area contributed by atoms with Gasteiger partial charge in [-0.25, -0.2) is 0 Å². The Bertz CT molecular complexity index is 717. The van der Waals surface area contributed by atoms with Gasteiger partial charge in [-0.3, -0.25) is 9.59 Å². The second kappa shape index (κ2) is 10.4. The van der Waals surface area contributed by atoms with Gasteiger partial charge in [0.2, 0.25) is 5.91 Å². The molecule has 2 aromatic carbocycles. The van der Waals surface area contributed by atoms with Crippen LogP contribution in [0.2, 0.25) is 0 Å². The highest BCUT2D eigenvalue weighted by atomic mass is 16.5. The third kappa shape index (κ3) is 6.77. The topological polar surface area (TPSA) is 58.6 Å². The fraction of sp³-hybridized carbons (Fsp3) is 0.364. The smallest absolute Gasteiger partial charge is 0.261 e. The van der Waals surface area contributed by atoms with Gasteiger partial charge in [0.15, 0.2) is 6.61 Å². The molecule has 2 rings (SSSR count). The minimum Gasteiger partial charge on any atom is -0.484 e. The van der Waals surface area contributed by atoms with Gasteiger partial charge in [0, 0.05) is 12.6 Å². The Morgan fingerprint density at radius 2 is 1.56 bits per heavy atom. The molecule has 144 valence electrons. The Morgan fingerprint density at radius 3 is 2.15 bits per heavy atom. The van der Waals surface area contributed by atoms with Gasteiger partial charge in [0.05, 0.1) is 0 Å². The van der Waals surface area contributed by atoms with E-state index in [4.69, 9.17) is 4.74 Å². The lowest BCUT2D eigenvalue weighted by molar-refractivity contribution is -0.141. The quantitative estimate of drug-likeness (QED) is 0.740. The highest BCUT2D eigenvalue weighted by Gasteiger charge is 2.26. The van der Waals surface area contributed by atoms with Crippen LogP contribution >= 0.6 is 0 Å². The predicted octanol–water partition coefficient (Wildman–Crippen LogP) is 3.05. The average Bonchev–Trinajstić information content (AvgIpc) is 2.67.